The van der Waals surface area contributed by atoms with Crippen molar-refractivity contribution in [1.82, 2.24) is 10.2 Å². The number of benzene rings is 2. The molecule has 1 aliphatic heterocycles. The van der Waals surface area contributed by atoms with Crippen LogP contribution in [0.15, 0.2) is 50.1 Å². The second-order valence-corrected chi connectivity index (χ2v) is 10.9. The lowest BCUT2D eigenvalue weighted by molar-refractivity contribution is 0.0970. The van der Waals surface area contributed by atoms with Gasteiger partial charge in [0.25, 0.3) is 5.91 Å². The maximum absolute atomic E-state index is 13.8. The number of carbonyl (C=O) groups is 1. The fourth-order valence-electron chi connectivity index (χ4n) is 4.53. The maximum atomic E-state index is 13.8. The molecule has 1 unspecified atom stereocenters. The van der Waals surface area contributed by atoms with Gasteiger partial charge in [-0.1, -0.05) is 59.5 Å². The maximum Gasteiger partial charge on any atom is 0.297 e. The minimum absolute atomic E-state index is 0.00731. The predicted octanol–water partition coefficient (Wildman–Crippen LogP) is 6.43. The van der Waals surface area contributed by atoms with Crippen molar-refractivity contribution in [2.45, 2.75) is 45.6 Å². The molecule has 1 atom stereocenters. The average molecular weight is 584 g/mol. The molecule has 2 aromatic carbocycles. The van der Waals surface area contributed by atoms with Crippen molar-refractivity contribution in [2.24, 2.45) is 0 Å². The lowest BCUT2D eigenvalue weighted by Gasteiger charge is -2.23. The number of carbonyl (C=O) groups excluding carboxylic acids is 1. The standard InChI is InChI=1S/C27H26BrN3O5S/c1-4-5-6-7-12-35-20-10-8-16(13-21(20)34-3)23-22-24(32)18-14-17(28)9-11-19(18)36-25(22)26(33)31(23)27-30-29-15(2)37-27/h8-11,13-14,23H,4-7,12H2,1-3H3. The zero-order chi connectivity index (χ0) is 26.1. The number of rotatable bonds is 9. The Balaban J connectivity index is 1.62. The molecular weight excluding hydrogens is 558 g/mol. The van der Waals surface area contributed by atoms with E-state index in [0.29, 0.717) is 44.8 Å². The third kappa shape index (κ3) is 4.75. The minimum Gasteiger partial charge on any atom is -0.493 e. The summed E-state index contributed by atoms with van der Waals surface area (Å²) in [7, 11) is 1.57. The van der Waals surface area contributed by atoms with Crippen LogP contribution in [-0.4, -0.2) is 29.8 Å². The summed E-state index contributed by atoms with van der Waals surface area (Å²) in [6, 6.07) is 9.86. The van der Waals surface area contributed by atoms with E-state index in [1.54, 1.807) is 31.4 Å². The highest BCUT2D eigenvalue weighted by Crippen LogP contribution is 2.44. The van der Waals surface area contributed by atoms with Crippen molar-refractivity contribution < 1.29 is 18.7 Å². The first-order valence-corrected chi connectivity index (χ1v) is 13.7. The molecule has 0 N–H and O–H groups in total. The first-order chi connectivity index (χ1) is 17.9. The van der Waals surface area contributed by atoms with Crippen LogP contribution >= 0.6 is 27.3 Å². The molecule has 192 valence electrons. The van der Waals surface area contributed by atoms with E-state index in [4.69, 9.17) is 13.9 Å². The van der Waals surface area contributed by atoms with Crippen LogP contribution in [0.4, 0.5) is 5.13 Å². The van der Waals surface area contributed by atoms with Gasteiger partial charge in [0.05, 0.1) is 30.7 Å². The molecule has 10 heteroatoms. The number of amides is 1. The first kappa shape index (κ1) is 25.4. The SMILES string of the molecule is CCCCCCOc1ccc(C2c3c(oc4ccc(Br)cc4c3=O)C(=O)N2c2nnc(C)s2)cc1OC. The lowest BCUT2D eigenvalue weighted by Crippen LogP contribution is -2.29. The van der Waals surface area contributed by atoms with Crippen molar-refractivity contribution in [3.63, 3.8) is 0 Å². The van der Waals surface area contributed by atoms with E-state index >= 15 is 0 Å². The van der Waals surface area contributed by atoms with Crippen LogP contribution in [0, 0.1) is 6.92 Å². The number of halogens is 1. The Morgan fingerprint density at radius 3 is 2.65 bits per heavy atom. The molecule has 1 amide bonds. The number of hydrogen-bond acceptors (Lipinski definition) is 8. The summed E-state index contributed by atoms with van der Waals surface area (Å²) < 4.78 is 18.4. The van der Waals surface area contributed by atoms with Crippen LogP contribution < -0.4 is 19.8 Å². The second-order valence-electron chi connectivity index (χ2n) is 8.82. The number of fused-ring (bicyclic) bond motifs is 2. The quantitative estimate of drug-likeness (QED) is 0.209. The summed E-state index contributed by atoms with van der Waals surface area (Å²) in [5.41, 5.74) is 1.02. The smallest absolute Gasteiger partial charge is 0.297 e. The van der Waals surface area contributed by atoms with Crippen LogP contribution in [0.2, 0.25) is 0 Å². The predicted molar refractivity (Wildman–Crippen MR) is 146 cm³/mol. The first-order valence-electron chi connectivity index (χ1n) is 12.1. The largest absolute Gasteiger partial charge is 0.493 e. The molecule has 0 spiro atoms. The Morgan fingerprint density at radius 2 is 1.92 bits per heavy atom. The monoisotopic (exact) mass is 583 g/mol. The van der Waals surface area contributed by atoms with Gasteiger partial charge in [-0.25, -0.2) is 0 Å². The van der Waals surface area contributed by atoms with Crippen LogP contribution in [-0.2, 0) is 0 Å². The lowest BCUT2D eigenvalue weighted by atomic mass is 9.98. The summed E-state index contributed by atoms with van der Waals surface area (Å²) >= 11 is 4.70. The Morgan fingerprint density at radius 1 is 1.08 bits per heavy atom. The Labute approximate surface area is 226 Å². The van der Waals surface area contributed by atoms with Crippen molar-refractivity contribution >= 4 is 49.3 Å². The molecule has 4 aromatic rings. The molecule has 3 heterocycles. The summed E-state index contributed by atoms with van der Waals surface area (Å²) in [5.74, 6) is 0.705. The van der Waals surface area contributed by atoms with Crippen LogP contribution in [0.5, 0.6) is 11.5 Å². The summed E-state index contributed by atoms with van der Waals surface area (Å²) in [6.07, 6.45) is 4.39. The number of hydrogen-bond donors (Lipinski definition) is 0. The van der Waals surface area contributed by atoms with Crippen LogP contribution in [0.25, 0.3) is 11.0 Å². The van der Waals surface area contributed by atoms with Gasteiger partial charge in [-0.3, -0.25) is 14.5 Å². The van der Waals surface area contributed by atoms with Gasteiger partial charge in [-0.15, -0.1) is 10.2 Å². The molecule has 0 aliphatic carbocycles. The molecule has 0 radical (unpaired) electrons. The highest BCUT2D eigenvalue weighted by Gasteiger charge is 2.45. The number of nitrogens with zero attached hydrogens (tertiary/aromatic N) is 3. The highest BCUT2D eigenvalue weighted by atomic mass is 79.9. The molecule has 0 saturated carbocycles. The normalized spacial score (nSPS) is 14.9. The van der Waals surface area contributed by atoms with E-state index in [9.17, 15) is 9.59 Å². The molecule has 1 aliphatic rings. The highest BCUT2D eigenvalue weighted by molar-refractivity contribution is 9.10. The minimum atomic E-state index is -0.762. The second kappa shape index (κ2) is 10.6. The Kier molecular flexibility index (Phi) is 7.30. The molecule has 5 rings (SSSR count). The van der Waals surface area contributed by atoms with Crippen LogP contribution in [0.3, 0.4) is 0 Å². The molecule has 0 saturated heterocycles. The summed E-state index contributed by atoms with van der Waals surface area (Å²) in [5, 5.41) is 9.79. The van der Waals surface area contributed by atoms with Crippen molar-refractivity contribution in [3.05, 3.63) is 73.0 Å². The number of aromatic nitrogens is 2. The average Bonchev–Trinajstić information content (AvgIpc) is 3.45. The fraction of sp³-hybridized carbons (Fsp3) is 0.333. The van der Waals surface area contributed by atoms with Crippen molar-refractivity contribution in [3.8, 4) is 11.5 Å². The van der Waals surface area contributed by atoms with Gasteiger partial charge < -0.3 is 13.9 Å². The van der Waals surface area contributed by atoms with Crippen molar-refractivity contribution in [2.75, 3.05) is 18.6 Å². The Hall–Kier alpha value is -3.24. The summed E-state index contributed by atoms with van der Waals surface area (Å²) in [4.78, 5) is 28.9. The molecule has 2 aromatic heterocycles. The van der Waals surface area contributed by atoms with E-state index in [1.165, 1.54) is 22.7 Å². The van der Waals surface area contributed by atoms with Gasteiger partial charge in [-0.05, 0) is 49.2 Å². The number of unbranched alkanes of at least 4 members (excludes halogenated alkanes) is 3. The van der Waals surface area contributed by atoms with Gasteiger partial charge in [0.15, 0.2) is 16.9 Å². The topological polar surface area (TPSA) is 94.8 Å². The van der Waals surface area contributed by atoms with Gasteiger partial charge in [0.2, 0.25) is 10.9 Å². The molecule has 37 heavy (non-hydrogen) atoms. The van der Waals surface area contributed by atoms with E-state index in [2.05, 4.69) is 33.1 Å². The number of aryl methyl sites for hydroxylation is 1. The number of ether oxygens (including phenoxy) is 2. The Bertz CT molecular complexity index is 1530. The van der Waals surface area contributed by atoms with Crippen molar-refractivity contribution in [1.29, 1.82) is 0 Å². The number of methoxy groups -OCH3 is 1. The third-order valence-electron chi connectivity index (χ3n) is 6.31. The van der Waals surface area contributed by atoms with E-state index < -0.39 is 11.9 Å². The van der Waals surface area contributed by atoms with Gasteiger partial charge >= 0.3 is 0 Å². The van der Waals surface area contributed by atoms with Crippen LogP contribution in [0.1, 0.15) is 65.3 Å². The van der Waals surface area contributed by atoms with E-state index in [-0.39, 0.29) is 16.8 Å². The summed E-state index contributed by atoms with van der Waals surface area (Å²) in [6.45, 7) is 4.57. The molecule has 0 bridgehead atoms. The molecular formula is C27H26BrN3O5S. The van der Waals surface area contributed by atoms with Gasteiger partial charge in [0, 0.05) is 4.47 Å². The zero-order valence-corrected chi connectivity index (χ0v) is 23.1. The third-order valence-corrected chi connectivity index (χ3v) is 7.64. The van der Waals surface area contributed by atoms with Gasteiger partial charge in [-0.2, -0.15) is 0 Å². The zero-order valence-electron chi connectivity index (χ0n) is 20.7. The van der Waals surface area contributed by atoms with E-state index in [1.807, 2.05) is 19.1 Å². The fourth-order valence-corrected chi connectivity index (χ4v) is 5.60. The number of anilines is 1. The molecule has 8 nitrogen and oxygen atoms in total. The van der Waals surface area contributed by atoms with Gasteiger partial charge in [0.1, 0.15) is 10.6 Å². The van der Waals surface area contributed by atoms with E-state index in [0.717, 1.165) is 23.7 Å². The molecule has 0 fully saturated rings.